The fourth-order valence-electron chi connectivity index (χ4n) is 1.01. The fraction of sp³-hybridized carbons (Fsp3) is 0.222. The van der Waals surface area contributed by atoms with E-state index in [0.717, 1.165) is 0 Å². The highest BCUT2D eigenvalue weighted by Gasteiger charge is 2.15. The highest BCUT2D eigenvalue weighted by molar-refractivity contribution is 6.32. The van der Waals surface area contributed by atoms with Crippen LogP contribution in [-0.4, -0.2) is 11.6 Å². The highest BCUT2D eigenvalue weighted by atomic mass is 35.5. The van der Waals surface area contributed by atoms with Gasteiger partial charge >= 0.3 is 0 Å². The summed E-state index contributed by atoms with van der Waals surface area (Å²) in [5.74, 6) is -0.592. The molecule has 1 rings (SSSR count). The van der Waals surface area contributed by atoms with Crippen LogP contribution in [0.1, 0.15) is 11.5 Å². The first-order valence-corrected chi connectivity index (χ1v) is 4.27. The van der Waals surface area contributed by atoms with Crippen molar-refractivity contribution >= 4 is 17.3 Å². The second kappa shape index (κ2) is 4.37. The van der Waals surface area contributed by atoms with Crippen molar-refractivity contribution in [2.24, 2.45) is 0 Å². The summed E-state index contributed by atoms with van der Waals surface area (Å²) >= 11 is 5.58. The lowest BCUT2D eigenvalue weighted by molar-refractivity contribution is -0.384. The Kier molecular flexibility index (Phi) is 3.41. The molecule has 0 fully saturated rings. The van der Waals surface area contributed by atoms with Crippen LogP contribution in [-0.2, 0) is 0 Å². The van der Waals surface area contributed by atoms with Gasteiger partial charge < -0.3 is 0 Å². The number of halogens is 2. The molecule has 0 saturated heterocycles. The van der Waals surface area contributed by atoms with Crippen LogP contribution in [0.4, 0.5) is 10.1 Å². The van der Waals surface area contributed by atoms with Gasteiger partial charge in [-0.1, -0.05) is 17.7 Å². The maximum atomic E-state index is 12.2. The molecule has 1 atom stereocenters. The van der Waals surface area contributed by atoms with Crippen molar-refractivity contribution in [3.8, 4) is 0 Å². The van der Waals surface area contributed by atoms with Gasteiger partial charge in [0.05, 0.1) is 11.6 Å². The number of nitro benzene ring substituents is 1. The molecular weight excluding hydrogens is 209 g/mol. The number of rotatable bonds is 3. The third-order valence-corrected chi connectivity index (χ3v) is 2.14. The molecule has 0 bridgehead atoms. The largest absolute Gasteiger partial charge is 0.288 e. The van der Waals surface area contributed by atoms with E-state index in [1.165, 1.54) is 18.2 Å². The topological polar surface area (TPSA) is 43.1 Å². The first-order valence-electron chi connectivity index (χ1n) is 3.89. The number of benzene rings is 1. The lowest BCUT2D eigenvalue weighted by Crippen LogP contribution is -1.98. The van der Waals surface area contributed by atoms with Gasteiger partial charge in [0.2, 0.25) is 0 Å². The molecule has 0 heterocycles. The molecule has 75 valence electrons. The minimum Gasteiger partial charge on any atom is -0.258 e. The first-order chi connectivity index (χ1) is 6.56. The monoisotopic (exact) mass is 216 g/mol. The van der Waals surface area contributed by atoms with E-state index in [1.807, 2.05) is 0 Å². The van der Waals surface area contributed by atoms with E-state index in [2.05, 4.69) is 6.92 Å². The molecular formula is C9H8ClFNO2. The molecule has 5 heteroatoms. The molecule has 3 nitrogen and oxygen atoms in total. The van der Waals surface area contributed by atoms with Gasteiger partial charge in [-0.15, -0.1) is 0 Å². The molecule has 0 aliphatic rings. The molecule has 1 radical (unpaired) electrons. The molecule has 1 aromatic rings. The molecule has 1 unspecified atom stereocenters. The SMILES string of the molecule is [CH2]C(CF)c1ccc(Cl)c([N+](=O)[O-])c1. The van der Waals surface area contributed by atoms with Crippen LogP contribution >= 0.6 is 11.6 Å². The Labute approximate surface area is 85.6 Å². The van der Waals surface area contributed by atoms with E-state index in [4.69, 9.17) is 11.6 Å². The van der Waals surface area contributed by atoms with Gasteiger partial charge in [0, 0.05) is 12.0 Å². The molecule has 0 N–H and O–H groups in total. The molecule has 0 spiro atoms. The van der Waals surface area contributed by atoms with Crippen LogP contribution < -0.4 is 0 Å². The summed E-state index contributed by atoms with van der Waals surface area (Å²) in [4.78, 5) is 9.89. The van der Waals surface area contributed by atoms with Crippen LogP contribution in [0, 0.1) is 17.0 Å². The first kappa shape index (κ1) is 10.9. The second-order valence-electron chi connectivity index (χ2n) is 2.82. The zero-order valence-electron chi connectivity index (χ0n) is 7.24. The van der Waals surface area contributed by atoms with Gasteiger partial charge in [0.25, 0.3) is 5.69 Å². The number of hydrogen-bond donors (Lipinski definition) is 0. The summed E-state index contributed by atoms with van der Waals surface area (Å²) in [5, 5.41) is 10.5. The zero-order valence-corrected chi connectivity index (χ0v) is 8.00. The minimum atomic E-state index is -0.654. The number of nitro groups is 1. The predicted octanol–water partition coefficient (Wildman–Crippen LogP) is 3.14. The van der Waals surface area contributed by atoms with E-state index in [0.29, 0.717) is 5.56 Å². The van der Waals surface area contributed by atoms with Crippen LogP contribution in [0.3, 0.4) is 0 Å². The van der Waals surface area contributed by atoms with Crippen molar-refractivity contribution in [3.05, 3.63) is 45.8 Å². The fourth-order valence-corrected chi connectivity index (χ4v) is 1.20. The van der Waals surface area contributed by atoms with E-state index in [1.54, 1.807) is 0 Å². The van der Waals surface area contributed by atoms with Crippen molar-refractivity contribution in [1.29, 1.82) is 0 Å². The summed E-state index contributed by atoms with van der Waals surface area (Å²) in [6.45, 7) is 2.86. The quantitative estimate of drug-likeness (QED) is 0.576. The predicted molar refractivity (Wildman–Crippen MR) is 52.2 cm³/mol. The molecule has 0 aliphatic carbocycles. The molecule has 0 saturated carbocycles. The summed E-state index contributed by atoms with van der Waals surface area (Å²) in [7, 11) is 0. The van der Waals surface area contributed by atoms with Crippen molar-refractivity contribution < 1.29 is 9.31 Å². The third kappa shape index (κ3) is 2.20. The lowest BCUT2D eigenvalue weighted by atomic mass is 10.0. The van der Waals surface area contributed by atoms with Crippen LogP contribution in [0.25, 0.3) is 0 Å². The maximum Gasteiger partial charge on any atom is 0.288 e. The van der Waals surface area contributed by atoms with Crippen molar-refractivity contribution in [1.82, 2.24) is 0 Å². The van der Waals surface area contributed by atoms with Crippen LogP contribution in [0.5, 0.6) is 0 Å². The Hall–Kier alpha value is -1.16. The van der Waals surface area contributed by atoms with Crippen LogP contribution in [0.15, 0.2) is 18.2 Å². The van der Waals surface area contributed by atoms with E-state index in [9.17, 15) is 14.5 Å². The van der Waals surface area contributed by atoms with Gasteiger partial charge in [0.15, 0.2) is 0 Å². The molecule has 1 aromatic carbocycles. The second-order valence-corrected chi connectivity index (χ2v) is 3.23. The van der Waals surface area contributed by atoms with E-state index >= 15 is 0 Å². The van der Waals surface area contributed by atoms with Gasteiger partial charge in [-0.3, -0.25) is 14.5 Å². The average Bonchev–Trinajstić information content (AvgIpc) is 2.17. The average molecular weight is 217 g/mol. The van der Waals surface area contributed by atoms with Crippen molar-refractivity contribution in [3.63, 3.8) is 0 Å². The van der Waals surface area contributed by atoms with Gasteiger partial charge in [-0.05, 0) is 18.6 Å². The van der Waals surface area contributed by atoms with Gasteiger partial charge in [-0.25, -0.2) is 0 Å². The Morgan fingerprint density at radius 2 is 2.29 bits per heavy atom. The number of alkyl halides is 1. The van der Waals surface area contributed by atoms with E-state index < -0.39 is 17.5 Å². The molecule has 14 heavy (non-hydrogen) atoms. The van der Waals surface area contributed by atoms with E-state index in [-0.39, 0.29) is 10.7 Å². The summed E-state index contributed by atoms with van der Waals surface area (Å²) in [6.07, 6.45) is 0. The third-order valence-electron chi connectivity index (χ3n) is 1.82. The zero-order chi connectivity index (χ0) is 10.7. The van der Waals surface area contributed by atoms with Crippen molar-refractivity contribution in [2.45, 2.75) is 5.92 Å². The smallest absolute Gasteiger partial charge is 0.258 e. The minimum absolute atomic E-state index is 0.0461. The Bertz CT molecular complexity index is 357. The van der Waals surface area contributed by atoms with Gasteiger partial charge in [0.1, 0.15) is 5.02 Å². The Morgan fingerprint density at radius 1 is 1.64 bits per heavy atom. The van der Waals surface area contributed by atoms with Gasteiger partial charge in [-0.2, -0.15) is 0 Å². The molecule has 0 aliphatic heterocycles. The Morgan fingerprint density at radius 3 is 2.79 bits per heavy atom. The number of nitrogens with zero attached hydrogens (tertiary/aromatic N) is 1. The molecule has 0 amide bonds. The lowest BCUT2D eigenvalue weighted by Gasteiger charge is -2.06. The summed E-state index contributed by atoms with van der Waals surface area (Å²) < 4.78 is 12.2. The highest BCUT2D eigenvalue weighted by Crippen LogP contribution is 2.28. The maximum absolute atomic E-state index is 12.2. The molecule has 0 aromatic heterocycles. The normalized spacial score (nSPS) is 12.5. The Balaban J connectivity index is 3.12. The number of hydrogen-bond acceptors (Lipinski definition) is 2. The van der Waals surface area contributed by atoms with Crippen molar-refractivity contribution in [2.75, 3.05) is 6.67 Å². The summed E-state index contributed by atoms with van der Waals surface area (Å²) in [5.41, 5.74) is 0.259. The summed E-state index contributed by atoms with van der Waals surface area (Å²) in [6, 6.07) is 4.16. The standard InChI is InChI=1S/C9H8ClFNO2/c1-6(5-11)7-2-3-8(10)9(4-7)12(13)14/h2-4,6H,1,5H2. The van der Waals surface area contributed by atoms with Crippen LogP contribution in [0.2, 0.25) is 5.02 Å².